The van der Waals surface area contributed by atoms with Crippen LogP contribution in [0.5, 0.6) is 0 Å². The smallest absolute Gasteiger partial charge is 0.254 e. The molecule has 0 spiro atoms. The lowest BCUT2D eigenvalue weighted by atomic mass is 9.82. The third-order valence-corrected chi connectivity index (χ3v) is 5.68. The van der Waals surface area contributed by atoms with Crippen molar-refractivity contribution < 1.29 is 9.59 Å². The van der Waals surface area contributed by atoms with Crippen LogP contribution >= 0.6 is 0 Å². The molecule has 0 heterocycles. The molecule has 0 aromatic heterocycles. The molecule has 0 saturated heterocycles. The van der Waals surface area contributed by atoms with Crippen LogP contribution in [0.4, 0.5) is 0 Å². The maximum Gasteiger partial charge on any atom is 0.254 e. The molecule has 2 amide bonds. The lowest BCUT2D eigenvalue weighted by molar-refractivity contribution is -0.129. The van der Waals surface area contributed by atoms with E-state index in [0.717, 1.165) is 31.2 Å². The number of carbonyl (C=O) groups excluding carboxylic acids is 2. The molecule has 1 unspecified atom stereocenters. The van der Waals surface area contributed by atoms with Crippen LogP contribution in [0.25, 0.3) is 0 Å². The van der Waals surface area contributed by atoms with Crippen molar-refractivity contribution in [3.63, 3.8) is 0 Å². The normalized spacial score (nSPS) is 16.0. The van der Waals surface area contributed by atoms with E-state index in [4.69, 9.17) is 0 Å². The Morgan fingerprint density at radius 2 is 1.50 bits per heavy atom. The van der Waals surface area contributed by atoms with Crippen molar-refractivity contribution in [1.29, 1.82) is 0 Å². The minimum Gasteiger partial charge on any atom is -0.350 e. The summed E-state index contributed by atoms with van der Waals surface area (Å²) in [5.74, 6) is 0.0474. The van der Waals surface area contributed by atoms with Gasteiger partial charge in [0, 0.05) is 17.6 Å². The van der Waals surface area contributed by atoms with Gasteiger partial charge in [0.15, 0.2) is 0 Å². The second-order valence-corrected chi connectivity index (χ2v) is 9.37. The molecule has 3 rings (SSSR count). The van der Waals surface area contributed by atoms with Gasteiger partial charge in [0.1, 0.15) is 6.04 Å². The summed E-state index contributed by atoms with van der Waals surface area (Å²) in [5.41, 5.74) is 1.31. The number of hydrogen-bond acceptors (Lipinski definition) is 2. The number of amides is 2. The van der Waals surface area contributed by atoms with E-state index < -0.39 is 6.04 Å². The van der Waals surface area contributed by atoms with Gasteiger partial charge in [-0.3, -0.25) is 9.59 Å². The third kappa shape index (κ3) is 5.94. The Bertz CT molecular complexity index is 821. The number of rotatable bonds is 6. The molecule has 2 aromatic rings. The molecule has 2 aromatic carbocycles. The average molecular weight is 407 g/mol. The van der Waals surface area contributed by atoms with E-state index in [0.29, 0.717) is 12.1 Å². The predicted octanol–water partition coefficient (Wildman–Crippen LogP) is 5.19. The molecule has 1 fully saturated rings. The minimum absolute atomic E-state index is 0.0467. The Morgan fingerprint density at radius 1 is 0.933 bits per heavy atom. The summed E-state index contributed by atoms with van der Waals surface area (Å²) < 4.78 is 0. The van der Waals surface area contributed by atoms with Crippen LogP contribution in [0.1, 0.15) is 68.8 Å². The van der Waals surface area contributed by atoms with Crippen molar-refractivity contribution in [3.8, 4) is 0 Å². The van der Waals surface area contributed by atoms with Gasteiger partial charge in [0.05, 0.1) is 0 Å². The molecular weight excluding hydrogens is 372 g/mol. The highest BCUT2D eigenvalue weighted by molar-refractivity contribution is 5.97. The zero-order valence-electron chi connectivity index (χ0n) is 18.4. The largest absolute Gasteiger partial charge is 0.350 e. The van der Waals surface area contributed by atoms with E-state index in [1.54, 1.807) is 0 Å². The van der Waals surface area contributed by atoms with E-state index in [9.17, 15) is 9.59 Å². The Balaban J connectivity index is 1.99. The van der Waals surface area contributed by atoms with Crippen LogP contribution in [0.2, 0.25) is 0 Å². The van der Waals surface area contributed by atoms with Gasteiger partial charge >= 0.3 is 0 Å². The molecule has 1 N–H and O–H groups in total. The topological polar surface area (TPSA) is 49.4 Å². The van der Waals surface area contributed by atoms with E-state index in [2.05, 4.69) is 5.32 Å². The quantitative estimate of drug-likeness (QED) is 0.717. The highest BCUT2D eigenvalue weighted by Crippen LogP contribution is 2.31. The highest BCUT2D eigenvalue weighted by atomic mass is 16.2. The van der Waals surface area contributed by atoms with Crippen LogP contribution in [0.3, 0.4) is 0 Å². The molecule has 4 nitrogen and oxygen atoms in total. The van der Waals surface area contributed by atoms with Crippen LogP contribution in [-0.2, 0) is 11.3 Å². The van der Waals surface area contributed by atoms with Gasteiger partial charge in [-0.2, -0.15) is 0 Å². The summed E-state index contributed by atoms with van der Waals surface area (Å²) in [6, 6.07) is 18.8. The molecule has 1 aliphatic carbocycles. The van der Waals surface area contributed by atoms with Gasteiger partial charge in [0.25, 0.3) is 5.91 Å². The van der Waals surface area contributed by atoms with Gasteiger partial charge in [-0.1, -0.05) is 67.8 Å². The summed E-state index contributed by atoms with van der Waals surface area (Å²) >= 11 is 0. The minimum atomic E-state index is -0.475. The first-order valence-corrected chi connectivity index (χ1v) is 11.1. The fourth-order valence-electron chi connectivity index (χ4n) is 4.33. The van der Waals surface area contributed by atoms with Gasteiger partial charge in [-0.05, 0) is 57.2 Å². The number of hydrogen-bond donors (Lipinski definition) is 1. The summed E-state index contributed by atoms with van der Waals surface area (Å²) in [4.78, 5) is 29.0. The number of benzene rings is 2. The number of carbonyl (C=O) groups is 2. The van der Waals surface area contributed by atoms with E-state index in [-0.39, 0.29) is 23.3 Å². The molecule has 0 aliphatic heterocycles. The predicted molar refractivity (Wildman–Crippen MR) is 121 cm³/mol. The third-order valence-electron chi connectivity index (χ3n) is 5.68. The monoisotopic (exact) mass is 406 g/mol. The molecule has 1 aliphatic rings. The molecule has 1 atom stereocenters. The van der Waals surface area contributed by atoms with Crippen LogP contribution in [0, 0.1) is 5.92 Å². The first-order valence-electron chi connectivity index (χ1n) is 11.1. The molecule has 160 valence electrons. The van der Waals surface area contributed by atoms with Crippen molar-refractivity contribution in [2.24, 2.45) is 5.92 Å². The van der Waals surface area contributed by atoms with Crippen molar-refractivity contribution in [3.05, 3.63) is 71.8 Å². The highest BCUT2D eigenvalue weighted by Gasteiger charge is 2.38. The van der Waals surface area contributed by atoms with Crippen LogP contribution in [-0.4, -0.2) is 28.3 Å². The standard InChI is InChI=1S/C26H34N2O2/c1-26(2,3)27-24(29)23(21-15-9-5-10-16-21)28(19-20-13-7-4-8-14-20)25(30)22-17-11-6-12-18-22/h4,6-8,11-14,17-18,21,23H,5,9-10,15-16,19H2,1-3H3,(H,27,29). The molecule has 0 bridgehead atoms. The zero-order chi connectivity index (χ0) is 21.6. The Kier molecular flexibility index (Phi) is 7.30. The molecular formula is C26H34N2O2. The Morgan fingerprint density at radius 3 is 2.07 bits per heavy atom. The Labute approximate surface area is 180 Å². The first-order chi connectivity index (χ1) is 14.3. The lowest BCUT2D eigenvalue weighted by Gasteiger charge is -2.39. The fraction of sp³-hybridized carbons (Fsp3) is 0.462. The van der Waals surface area contributed by atoms with Crippen molar-refractivity contribution in [2.45, 2.75) is 71.0 Å². The van der Waals surface area contributed by atoms with Crippen molar-refractivity contribution in [1.82, 2.24) is 10.2 Å². The zero-order valence-corrected chi connectivity index (χ0v) is 18.4. The van der Waals surface area contributed by atoms with Gasteiger partial charge in [-0.25, -0.2) is 0 Å². The van der Waals surface area contributed by atoms with E-state index >= 15 is 0 Å². The SMILES string of the molecule is CC(C)(C)NC(=O)C(C1CCCCC1)N(Cc1ccccc1)C(=O)c1ccccc1. The fourth-order valence-corrected chi connectivity index (χ4v) is 4.33. The lowest BCUT2D eigenvalue weighted by Crippen LogP contribution is -2.56. The second-order valence-electron chi connectivity index (χ2n) is 9.37. The summed E-state index contributed by atoms with van der Waals surface area (Å²) in [5, 5.41) is 3.16. The molecule has 1 saturated carbocycles. The molecule has 4 heteroatoms. The summed E-state index contributed by atoms with van der Waals surface area (Å²) in [7, 11) is 0. The van der Waals surface area contributed by atoms with E-state index in [1.165, 1.54) is 6.42 Å². The number of nitrogens with zero attached hydrogens (tertiary/aromatic N) is 1. The van der Waals surface area contributed by atoms with Gasteiger partial charge in [-0.15, -0.1) is 0 Å². The number of nitrogens with one attached hydrogen (secondary N) is 1. The molecule has 0 radical (unpaired) electrons. The summed E-state index contributed by atoms with van der Waals surface area (Å²) in [6.07, 6.45) is 5.39. The maximum atomic E-state index is 13.6. The maximum absolute atomic E-state index is 13.6. The molecule has 30 heavy (non-hydrogen) atoms. The van der Waals surface area contributed by atoms with Gasteiger partial charge in [0.2, 0.25) is 5.91 Å². The summed E-state index contributed by atoms with van der Waals surface area (Å²) in [6.45, 7) is 6.39. The van der Waals surface area contributed by atoms with Crippen molar-refractivity contribution >= 4 is 11.8 Å². The van der Waals surface area contributed by atoms with Crippen molar-refractivity contribution in [2.75, 3.05) is 0 Å². The average Bonchev–Trinajstić information content (AvgIpc) is 2.73. The Hall–Kier alpha value is -2.62. The van der Waals surface area contributed by atoms with E-state index in [1.807, 2.05) is 86.3 Å². The van der Waals surface area contributed by atoms with Crippen LogP contribution in [0.15, 0.2) is 60.7 Å². The van der Waals surface area contributed by atoms with Crippen LogP contribution < -0.4 is 5.32 Å². The van der Waals surface area contributed by atoms with Gasteiger partial charge < -0.3 is 10.2 Å². The first kappa shape index (κ1) is 22.1. The second kappa shape index (κ2) is 9.92.